The van der Waals surface area contributed by atoms with Crippen molar-refractivity contribution in [1.29, 1.82) is 0 Å². The fraction of sp³-hybridized carbons (Fsp3) is 0.350. The fourth-order valence-corrected chi connectivity index (χ4v) is 3.37. The van der Waals surface area contributed by atoms with Crippen molar-refractivity contribution in [1.82, 2.24) is 10.4 Å². The molecule has 2 N–H and O–H groups in total. The molecule has 25 heavy (non-hydrogen) atoms. The molecule has 5 heteroatoms. The van der Waals surface area contributed by atoms with Crippen molar-refractivity contribution in [2.24, 2.45) is 0 Å². The minimum Gasteiger partial charge on any atom is -0.457 e. The van der Waals surface area contributed by atoms with Gasteiger partial charge in [-0.1, -0.05) is 24.6 Å². The van der Waals surface area contributed by atoms with Crippen LogP contribution >= 0.6 is 12.2 Å². The van der Waals surface area contributed by atoms with Crippen molar-refractivity contribution < 1.29 is 4.74 Å². The summed E-state index contributed by atoms with van der Waals surface area (Å²) in [6, 6.07) is 18.5. The van der Waals surface area contributed by atoms with Crippen LogP contribution in [-0.4, -0.2) is 22.2 Å². The van der Waals surface area contributed by atoms with Crippen molar-refractivity contribution in [2.75, 3.05) is 5.32 Å². The fourth-order valence-electron chi connectivity index (χ4n) is 3.15. The maximum absolute atomic E-state index is 5.80. The van der Waals surface area contributed by atoms with Crippen LogP contribution in [0.3, 0.4) is 0 Å². The molecule has 0 bridgehead atoms. The Balaban J connectivity index is 1.55. The minimum absolute atomic E-state index is 0.491. The van der Waals surface area contributed by atoms with E-state index in [4.69, 9.17) is 17.0 Å². The number of thiocarbonyl (C=S) groups is 1. The van der Waals surface area contributed by atoms with E-state index in [1.165, 1.54) is 19.3 Å². The van der Waals surface area contributed by atoms with Gasteiger partial charge in [-0.3, -0.25) is 5.43 Å². The summed E-state index contributed by atoms with van der Waals surface area (Å²) < 4.78 is 5.80. The molecule has 1 aliphatic rings. The summed E-state index contributed by atoms with van der Waals surface area (Å²) in [7, 11) is 0. The number of rotatable bonds is 4. The summed E-state index contributed by atoms with van der Waals surface area (Å²) >= 11 is 5.47. The zero-order valence-corrected chi connectivity index (χ0v) is 15.6. The molecule has 1 fully saturated rings. The predicted molar refractivity (Wildman–Crippen MR) is 107 cm³/mol. The van der Waals surface area contributed by atoms with Crippen molar-refractivity contribution in [3.8, 4) is 11.5 Å². The molecular formula is C20H25N3OS. The minimum atomic E-state index is 0.491. The Labute approximate surface area is 155 Å². The van der Waals surface area contributed by atoms with Gasteiger partial charge in [0.15, 0.2) is 5.11 Å². The van der Waals surface area contributed by atoms with Crippen LogP contribution in [-0.2, 0) is 0 Å². The number of hydrogen-bond donors (Lipinski definition) is 2. The normalized spacial score (nSPS) is 20.7. The first kappa shape index (κ1) is 17.7. The lowest BCUT2D eigenvalue weighted by molar-refractivity contribution is 0.0750. The number of para-hydroxylation sites is 1. The van der Waals surface area contributed by atoms with Gasteiger partial charge in [0.1, 0.15) is 11.5 Å². The number of nitrogens with one attached hydrogen (secondary N) is 2. The highest BCUT2D eigenvalue weighted by atomic mass is 32.1. The van der Waals surface area contributed by atoms with E-state index in [9.17, 15) is 0 Å². The molecule has 1 saturated heterocycles. The topological polar surface area (TPSA) is 36.5 Å². The molecule has 2 aromatic rings. The van der Waals surface area contributed by atoms with E-state index in [0.29, 0.717) is 17.2 Å². The number of anilines is 1. The van der Waals surface area contributed by atoms with Gasteiger partial charge < -0.3 is 10.1 Å². The average Bonchev–Trinajstić information content (AvgIpc) is 2.61. The van der Waals surface area contributed by atoms with Crippen LogP contribution in [0.1, 0.15) is 33.1 Å². The third kappa shape index (κ3) is 4.94. The summed E-state index contributed by atoms with van der Waals surface area (Å²) in [6.07, 6.45) is 3.68. The monoisotopic (exact) mass is 355 g/mol. The SMILES string of the molecule is C[C@@H]1CCC[C@H](C)N1NC(=S)Nc1ccc(Oc2ccccc2)cc1. The third-order valence-corrected chi connectivity index (χ3v) is 4.71. The Hall–Kier alpha value is -2.11. The molecule has 132 valence electrons. The van der Waals surface area contributed by atoms with Crippen LogP contribution in [0.5, 0.6) is 11.5 Å². The lowest BCUT2D eigenvalue weighted by Crippen LogP contribution is -2.55. The second kappa shape index (κ2) is 8.32. The van der Waals surface area contributed by atoms with Crippen molar-refractivity contribution in [2.45, 2.75) is 45.2 Å². The quantitative estimate of drug-likeness (QED) is 0.760. The van der Waals surface area contributed by atoms with Crippen LogP contribution in [0.2, 0.25) is 0 Å². The molecule has 2 aromatic carbocycles. The van der Waals surface area contributed by atoms with Gasteiger partial charge in [-0.15, -0.1) is 0 Å². The first-order chi connectivity index (χ1) is 12.1. The molecule has 0 amide bonds. The largest absolute Gasteiger partial charge is 0.457 e. The zero-order valence-electron chi connectivity index (χ0n) is 14.7. The molecule has 0 radical (unpaired) electrons. The molecular weight excluding hydrogens is 330 g/mol. The molecule has 0 aliphatic carbocycles. The molecule has 0 spiro atoms. The summed E-state index contributed by atoms with van der Waals surface area (Å²) in [6.45, 7) is 4.47. The average molecular weight is 356 g/mol. The van der Waals surface area contributed by atoms with Gasteiger partial charge in [0.2, 0.25) is 0 Å². The maximum atomic E-state index is 5.80. The van der Waals surface area contributed by atoms with Crippen LogP contribution < -0.4 is 15.5 Å². The summed E-state index contributed by atoms with van der Waals surface area (Å²) in [5, 5.41) is 6.12. The number of nitrogens with zero attached hydrogens (tertiary/aromatic N) is 1. The van der Waals surface area contributed by atoms with E-state index in [-0.39, 0.29) is 0 Å². The highest BCUT2D eigenvalue weighted by Gasteiger charge is 2.25. The van der Waals surface area contributed by atoms with Crippen molar-refractivity contribution >= 4 is 23.0 Å². The Bertz CT molecular complexity index is 680. The van der Waals surface area contributed by atoms with E-state index in [1.807, 2.05) is 54.6 Å². The first-order valence-electron chi connectivity index (χ1n) is 8.81. The lowest BCUT2D eigenvalue weighted by Gasteiger charge is -2.39. The first-order valence-corrected chi connectivity index (χ1v) is 9.21. The number of ether oxygens (including phenoxy) is 1. The second-order valence-electron chi connectivity index (χ2n) is 6.54. The smallest absolute Gasteiger partial charge is 0.185 e. The second-order valence-corrected chi connectivity index (χ2v) is 6.95. The van der Waals surface area contributed by atoms with E-state index in [1.54, 1.807) is 0 Å². The lowest BCUT2D eigenvalue weighted by atomic mass is 10.00. The van der Waals surface area contributed by atoms with Crippen LogP contribution in [0, 0.1) is 0 Å². The molecule has 1 aliphatic heterocycles. The maximum Gasteiger partial charge on any atom is 0.185 e. The zero-order chi connectivity index (χ0) is 17.6. The van der Waals surface area contributed by atoms with E-state index in [2.05, 4.69) is 29.6 Å². The highest BCUT2D eigenvalue weighted by molar-refractivity contribution is 7.80. The van der Waals surface area contributed by atoms with Gasteiger partial charge in [-0.05, 0) is 75.3 Å². The van der Waals surface area contributed by atoms with Crippen LogP contribution in [0.25, 0.3) is 0 Å². The van der Waals surface area contributed by atoms with Gasteiger partial charge >= 0.3 is 0 Å². The molecule has 2 atom stereocenters. The number of hydrogen-bond acceptors (Lipinski definition) is 3. The third-order valence-electron chi connectivity index (χ3n) is 4.52. The molecule has 0 unspecified atom stereocenters. The molecule has 3 rings (SSSR count). The van der Waals surface area contributed by atoms with E-state index in [0.717, 1.165) is 17.2 Å². The molecule has 4 nitrogen and oxygen atoms in total. The number of benzene rings is 2. The highest BCUT2D eigenvalue weighted by Crippen LogP contribution is 2.23. The molecule has 0 saturated carbocycles. The van der Waals surface area contributed by atoms with Gasteiger partial charge in [0, 0.05) is 17.8 Å². The van der Waals surface area contributed by atoms with Crippen molar-refractivity contribution in [3.63, 3.8) is 0 Å². The Kier molecular flexibility index (Phi) is 5.89. The van der Waals surface area contributed by atoms with Crippen LogP contribution in [0.15, 0.2) is 54.6 Å². The standard InChI is InChI=1S/C20H25N3OS/c1-15-7-6-8-16(2)23(15)22-20(25)21-17-11-13-19(14-12-17)24-18-9-4-3-5-10-18/h3-5,9-16H,6-8H2,1-2H3,(H2,21,22,25)/t15-,16+. The number of piperidine rings is 1. The predicted octanol–water partition coefficient (Wildman–Crippen LogP) is 4.94. The Morgan fingerprint density at radius 2 is 1.56 bits per heavy atom. The summed E-state index contributed by atoms with van der Waals surface area (Å²) in [4.78, 5) is 0. The van der Waals surface area contributed by atoms with Gasteiger partial charge in [0.05, 0.1) is 0 Å². The summed E-state index contributed by atoms with van der Waals surface area (Å²) in [5.41, 5.74) is 4.28. The van der Waals surface area contributed by atoms with Gasteiger partial charge in [-0.2, -0.15) is 0 Å². The molecule has 0 aromatic heterocycles. The van der Waals surface area contributed by atoms with Crippen LogP contribution in [0.4, 0.5) is 5.69 Å². The Morgan fingerprint density at radius 1 is 0.960 bits per heavy atom. The van der Waals surface area contributed by atoms with E-state index < -0.39 is 0 Å². The Morgan fingerprint density at radius 3 is 2.20 bits per heavy atom. The number of hydrazine groups is 1. The van der Waals surface area contributed by atoms with Gasteiger partial charge in [-0.25, -0.2) is 5.01 Å². The summed E-state index contributed by atoms with van der Waals surface area (Å²) in [5.74, 6) is 1.63. The van der Waals surface area contributed by atoms with E-state index >= 15 is 0 Å². The van der Waals surface area contributed by atoms with Gasteiger partial charge in [0.25, 0.3) is 0 Å². The molecule has 1 heterocycles. The van der Waals surface area contributed by atoms with Crippen molar-refractivity contribution in [3.05, 3.63) is 54.6 Å².